The first-order valence-electron chi connectivity index (χ1n) is 6.91. The molecule has 6 nitrogen and oxygen atoms in total. The van der Waals surface area contributed by atoms with Crippen molar-refractivity contribution in [1.82, 2.24) is 19.9 Å². The van der Waals surface area contributed by atoms with Gasteiger partial charge in [-0.3, -0.25) is 4.79 Å². The highest BCUT2D eigenvalue weighted by Gasteiger charge is 2.12. The van der Waals surface area contributed by atoms with Crippen molar-refractivity contribution < 1.29 is 4.79 Å². The van der Waals surface area contributed by atoms with Crippen LogP contribution in [0.1, 0.15) is 29.8 Å². The van der Waals surface area contributed by atoms with Gasteiger partial charge in [-0.2, -0.15) is 0 Å². The lowest BCUT2D eigenvalue weighted by molar-refractivity contribution is -0.131. The van der Waals surface area contributed by atoms with Gasteiger partial charge >= 0.3 is 0 Å². The van der Waals surface area contributed by atoms with E-state index in [4.69, 9.17) is 5.73 Å². The van der Waals surface area contributed by atoms with Crippen LogP contribution < -0.4 is 5.73 Å². The van der Waals surface area contributed by atoms with Gasteiger partial charge in [-0.25, -0.2) is 4.68 Å². The van der Waals surface area contributed by atoms with E-state index in [1.165, 1.54) is 10.2 Å². The van der Waals surface area contributed by atoms with Gasteiger partial charge in [0.1, 0.15) is 6.54 Å². The van der Waals surface area contributed by atoms with Gasteiger partial charge in [-0.15, -0.1) is 5.10 Å². The van der Waals surface area contributed by atoms with Crippen LogP contribution in [-0.4, -0.2) is 32.8 Å². The molecule has 0 spiro atoms. The number of benzene rings is 1. The summed E-state index contributed by atoms with van der Waals surface area (Å²) in [5.74, 6) is -0.0169. The fraction of sp³-hybridized carbons (Fsp3) is 0.400. The van der Waals surface area contributed by atoms with Crippen LogP contribution in [0.2, 0.25) is 0 Å². The number of nitrogens with zero attached hydrogens (tertiary/aromatic N) is 4. The molecule has 2 rings (SSSR count). The molecule has 0 bridgehead atoms. The molecule has 2 N–H and O–H groups in total. The second-order valence-corrected chi connectivity index (χ2v) is 5.37. The van der Waals surface area contributed by atoms with Crippen molar-refractivity contribution in [1.29, 1.82) is 0 Å². The summed E-state index contributed by atoms with van der Waals surface area (Å²) < 4.78 is 1.52. The number of hydrogen-bond acceptors (Lipinski definition) is 4. The SMILES string of the molecule is Cc1ccc(CN(C)C(=O)Cn2cc(C(C)N)nn2)cc1. The predicted molar refractivity (Wildman–Crippen MR) is 80.3 cm³/mol. The van der Waals surface area contributed by atoms with Gasteiger partial charge in [0.15, 0.2) is 0 Å². The summed E-state index contributed by atoms with van der Waals surface area (Å²) in [5, 5.41) is 7.86. The van der Waals surface area contributed by atoms with E-state index in [1.54, 1.807) is 18.1 Å². The Morgan fingerprint density at radius 2 is 2.05 bits per heavy atom. The summed E-state index contributed by atoms with van der Waals surface area (Å²) in [6, 6.07) is 7.96. The second-order valence-electron chi connectivity index (χ2n) is 5.37. The Kier molecular flexibility index (Phi) is 4.70. The first-order chi connectivity index (χ1) is 9.95. The van der Waals surface area contributed by atoms with Crippen LogP contribution in [0.4, 0.5) is 0 Å². The summed E-state index contributed by atoms with van der Waals surface area (Å²) >= 11 is 0. The first-order valence-corrected chi connectivity index (χ1v) is 6.91. The number of likely N-dealkylation sites (N-methyl/N-ethyl adjacent to an activating group) is 1. The molecule has 1 atom stereocenters. The van der Waals surface area contributed by atoms with Gasteiger partial charge in [0, 0.05) is 19.6 Å². The van der Waals surface area contributed by atoms with Crippen LogP contribution in [0.3, 0.4) is 0 Å². The van der Waals surface area contributed by atoms with Gasteiger partial charge in [-0.05, 0) is 19.4 Å². The third-order valence-electron chi connectivity index (χ3n) is 3.29. The number of aryl methyl sites for hydroxylation is 1. The number of hydrogen-bond donors (Lipinski definition) is 1. The number of amides is 1. The maximum Gasteiger partial charge on any atom is 0.244 e. The van der Waals surface area contributed by atoms with Crippen molar-refractivity contribution >= 4 is 5.91 Å². The van der Waals surface area contributed by atoms with E-state index in [2.05, 4.69) is 10.3 Å². The monoisotopic (exact) mass is 287 g/mol. The molecule has 2 aromatic rings. The molecule has 1 aromatic heterocycles. The van der Waals surface area contributed by atoms with Crippen LogP contribution in [0.25, 0.3) is 0 Å². The Balaban J connectivity index is 1.94. The normalized spacial score (nSPS) is 12.2. The zero-order valence-electron chi connectivity index (χ0n) is 12.7. The summed E-state index contributed by atoms with van der Waals surface area (Å²) in [6.45, 7) is 4.62. The molecule has 1 heterocycles. The van der Waals surface area contributed by atoms with Crippen molar-refractivity contribution in [3.8, 4) is 0 Å². The third kappa shape index (κ3) is 4.13. The molecule has 1 aromatic carbocycles. The molecule has 0 saturated heterocycles. The van der Waals surface area contributed by atoms with Gasteiger partial charge < -0.3 is 10.6 Å². The Morgan fingerprint density at radius 3 is 2.62 bits per heavy atom. The van der Waals surface area contributed by atoms with Crippen molar-refractivity contribution in [3.63, 3.8) is 0 Å². The van der Waals surface area contributed by atoms with Crippen molar-refractivity contribution in [2.75, 3.05) is 7.05 Å². The predicted octanol–water partition coefficient (Wildman–Crippen LogP) is 1.26. The molecule has 1 amide bonds. The van der Waals surface area contributed by atoms with Gasteiger partial charge in [0.2, 0.25) is 5.91 Å². The van der Waals surface area contributed by atoms with E-state index < -0.39 is 0 Å². The molecule has 0 saturated carbocycles. The lowest BCUT2D eigenvalue weighted by Gasteiger charge is -2.17. The minimum Gasteiger partial charge on any atom is -0.340 e. The topological polar surface area (TPSA) is 77.0 Å². The van der Waals surface area contributed by atoms with Crippen LogP contribution in [-0.2, 0) is 17.9 Å². The Bertz CT molecular complexity index is 603. The highest BCUT2D eigenvalue weighted by molar-refractivity contribution is 5.75. The number of carbonyl (C=O) groups excluding carboxylic acids is 1. The van der Waals surface area contributed by atoms with Gasteiger partial charge in [0.25, 0.3) is 0 Å². The summed E-state index contributed by atoms with van der Waals surface area (Å²) in [5.41, 5.74) is 8.72. The average molecular weight is 287 g/mol. The van der Waals surface area contributed by atoms with E-state index in [0.29, 0.717) is 12.2 Å². The molecule has 1 unspecified atom stereocenters. The van der Waals surface area contributed by atoms with Crippen LogP contribution in [0.5, 0.6) is 0 Å². The summed E-state index contributed by atoms with van der Waals surface area (Å²) in [4.78, 5) is 13.8. The molecule has 21 heavy (non-hydrogen) atoms. The first kappa shape index (κ1) is 15.2. The standard InChI is InChI=1S/C15H21N5O/c1-11-4-6-13(7-5-11)8-19(3)15(21)10-20-9-14(12(2)16)17-18-20/h4-7,9,12H,8,10,16H2,1-3H3. The Hall–Kier alpha value is -2.21. The van der Waals surface area contributed by atoms with Gasteiger partial charge in [0.05, 0.1) is 11.9 Å². The number of carbonyl (C=O) groups is 1. The van der Waals surface area contributed by atoms with Crippen LogP contribution >= 0.6 is 0 Å². The van der Waals surface area contributed by atoms with Crippen molar-refractivity contribution in [2.24, 2.45) is 5.73 Å². The van der Waals surface area contributed by atoms with E-state index in [1.807, 2.05) is 38.1 Å². The zero-order chi connectivity index (χ0) is 15.4. The fourth-order valence-electron chi connectivity index (χ4n) is 1.91. The minimum atomic E-state index is -0.181. The van der Waals surface area contributed by atoms with E-state index in [0.717, 1.165) is 5.56 Å². The minimum absolute atomic E-state index is 0.0169. The lowest BCUT2D eigenvalue weighted by atomic mass is 10.1. The number of rotatable bonds is 5. The largest absolute Gasteiger partial charge is 0.340 e. The third-order valence-corrected chi connectivity index (χ3v) is 3.29. The van der Waals surface area contributed by atoms with E-state index in [9.17, 15) is 4.79 Å². The molecule has 0 fully saturated rings. The molecule has 6 heteroatoms. The van der Waals surface area contributed by atoms with Crippen LogP contribution in [0.15, 0.2) is 30.5 Å². The van der Waals surface area contributed by atoms with Crippen LogP contribution in [0, 0.1) is 6.92 Å². The summed E-state index contributed by atoms with van der Waals surface area (Å²) in [7, 11) is 1.78. The Morgan fingerprint density at radius 1 is 1.38 bits per heavy atom. The smallest absolute Gasteiger partial charge is 0.244 e. The molecule has 112 valence electrons. The maximum atomic E-state index is 12.2. The highest BCUT2D eigenvalue weighted by atomic mass is 16.2. The van der Waals surface area contributed by atoms with Crippen molar-refractivity contribution in [2.45, 2.75) is 33.0 Å². The fourth-order valence-corrected chi connectivity index (χ4v) is 1.91. The molecular formula is C15H21N5O. The maximum absolute atomic E-state index is 12.2. The Labute approximate surface area is 124 Å². The molecule has 0 aliphatic carbocycles. The van der Waals surface area contributed by atoms with Crippen molar-refractivity contribution in [3.05, 3.63) is 47.3 Å². The average Bonchev–Trinajstić information content (AvgIpc) is 2.90. The quantitative estimate of drug-likeness (QED) is 0.898. The molecule has 0 aliphatic heterocycles. The second kappa shape index (κ2) is 6.49. The lowest BCUT2D eigenvalue weighted by Crippen LogP contribution is -2.30. The number of aromatic nitrogens is 3. The number of nitrogens with two attached hydrogens (primary N) is 1. The highest BCUT2D eigenvalue weighted by Crippen LogP contribution is 2.07. The molecular weight excluding hydrogens is 266 g/mol. The summed E-state index contributed by atoms with van der Waals surface area (Å²) in [6.07, 6.45) is 1.71. The molecule has 0 aliphatic rings. The van der Waals surface area contributed by atoms with Gasteiger partial charge in [-0.1, -0.05) is 35.0 Å². The molecule has 0 radical (unpaired) electrons. The van der Waals surface area contributed by atoms with E-state index >= 15 is 0 Å². The van der Waals surface area contributed by atoms with E-state index in [-0.39, 0.29) is 18.5 Å². The zero-order valence-corrected chi connectivity index (χ0v) is 12.7.